The van der Waals surface area contributed by atoms with Gasteiger partial charge in [-0.05, 0) is 61.1 Å². The van der Waals surface area contributed by atoms with E-state index in [1.165, 1.54) is 29.5 Å². The van der Waals surface area contributed by atoms with Gasteiger partial charge in [-0.25, -0.2) is 0 Å². The second kappa shape index (κ2) is 6.08. The molecule has 1 aliphatic carbocycles. The van der Waals surface area contributed by atoms with Crippen molar-refractivity contribution in [1.82, 2.24) is 4.98 Å². The van der Waals surface area contributed by atoms with E-state index in [0.29, 0.717) is 5.56 Å². The van der Waals surface area contributed by atoms with Crippen molar-refractivity contribution in [3.05, 3.63) is 71.4 Å². The van der Waals surface area contributed by atoms with Crippen LogP contribution in [-0.2, 0) is 5.41 Å². The van der Waals surface area contributed by atoms with Crippen LogP contribution in [0.25, 0.3) is 10.9 Å². The minimum Gasteiger partial charge on any atom is -0.371 e. The normalized spacial score (nSPS) is 18.0. The minimum absolute atomic E-state index is 0.136. The van der Waals surface area contributed by atoms with Gasteiger partial charge in [0.15, 0.2) is 0 Å². The van der Waals surface area contributed by atoms with E-state index < -0.39 is 0 Å². The Bertz CT molecular complexity index is 1030. The van der Waals surface area contributed by atoms with Crippen molar-refractivity contribution in [3.63, 3.8) is 0 Å². The zero-order valence-corrected chi connectivity index (χ0v) is 15.3. The van der Waals surface area contributed by atoms with Gasteiger partial charge in [-0.2, -0.15) is 0 Å². The molecule has 0 unspecified atom stereocenters. The second-order valence-electron chi connectivity index (χ2n) is 7.75. The van der Waals surface area contributed by atoms with Crippen molar-refractivity contribution in [1.29, 1.82) is 0 Å². The molecule has 2 N–H and O–H groups in total. The highest BCUT2D eigenvalue weighted by Gasteiger charge is 2.48. The Morgan fingerprint density at radius 1 is 1.00 bits per heavy atom. The highest BCUT2D eigenvalue weighted by Crippen LogP contribution is 2.56. The molecule has 0 spiro atoms. The Kier molecular flexibility index (Phi) is 3.67. The lowest BCUT2D eigenvalue weighted by Gasteiger charge is -2.25. The van der Waals surface area contributed by atoms with Crippen LogP contribution in [0, 0.1) is 0 Å². The summed E-state index contributed by atoms with van der Waals surface area (Å²) in [5, 5.41) is 1.18. The average molecular weight is 357 g/mol. The van der Waals surface area contributed by atoms with Crippen molar-refractivity contribution >= 4 is 22.5 Å². The number of rotatable bonds is 4. The molecule has 2 heterocycles. The van der Waals surface area contributed by atoms with Gasteiger partial charge in [-0.15, -0.1) is 0 Å². The Hall–Kier alpha value is -2.88. The molecule has 0 atom stereocenters. The number of hydrogen-bond acceptors (Lipinski definition) is 3. The predicted molar refractivity (Wildman–Crippen MR) is 108 cm³/mol. The Balaban J connectivity index is 1.74. The van der Waals surface area contributed by atoms with Gasteiger partial charge in [0.05, 0.1) is 5.52 Å². The summed E-state index contributed by atoms with van der Waals surface area (Å²) in [6.07, 6.45) is 6.41. The first kappa shape index (κ1) is 16.3. The van der Waals surface area contributed by atoms with Crippen molar-refractivity contribution in [2.45, 2.75) is 31.1 Å². The summed E-state index contributed by atoms with van der Waals surface area (Å²) in [7, 11) is 0. The summed E-state index contributed by atoms with van der Waals surface area (Å²) in [6, 6.07) is 16.5. The van der Waals surface area contributed by atoms with Crippen molar-refractivity contribution < 1.29 is 4.79 Å². The van der Waals surface area contributed by atoms with Crippen molar-refractivity contribution in [2.24, 2.45) is 5.73 Å². The van der Waals surface area contributed by atoms with Crippen LogP contribution in [-0.4, -0.2) is 24.0 Å². The molecular formula is C23H23N3O. The summed E-state index contributed by atoms with van der Waals surface area (Å²) < 4.78 is 0. The standard InChI is InChI=1S/C23H23N3O/c24-22(27)18-6-1-2-8-19(18)23(9-10-23)20-14-16(26-12-3-4-13-26)15-21-17(20)7-5-11-25-21/h1-2,5-8,11,14-15H,3-4,9-10,12-13H2,(H2,24,27). The van der Waals surface area contributed by atoms with Crippen LogP contribution in [0.2, 0.25) is 0 Å². The molecule has 136 valence electrons. The van der Waals surface area contributed by atoms with Gasteiger partial charge in [0.1, 0.15) is 0 Å². The zero-order chi connectivity index (χ0) is 18.4. The summed E-state index contributed by atoms with van der Waals surface area (Å²) >= 11 is 0. The second-order valence-corrected chi connectivity index (χ2v) is 7.75. The van der Waals surface area contributed by atoms with Crippen LogP contribution in [0.15, 0.2) is 54.7 Å². The Labute approximate surface area is 159 Å². The lowest BCUT2D eigenvalue weighted by atomic mass is 9.82. The Morgan fingerprint density at radius 2 is 1.78 bits per heavy atom. The first-order valence-electron chi connectivity index (χ1n) is 9.73. The highest BCUT2D eigenvalue weighted by atomic mass is 16.1. The van der Waals surface area contributed by atoms with E-state index in [0.717, 1.165) is 37.0 Å². The van der Waals surface area contributed by atoms with Gasteiger partial charge in [0, 0.05) is 41.3 Å². The van der Waals surface area contributed by atoms with Gasteiger partial charge >= 0.3 is 0 Å². The van der Waals surface area contributed by atoms with E-state index in [4.69, 9.17) is 5.73 Å². The molecule has 1 saturated heterocycles. The summed E-state index contributed by atoms with van der Waals surface area (Å²) in [5.74, 6) is -0.352. The molecule has 1 saturated carbocycles. The molecule has 3 aromatic rings. The van der Waals surface area contributed by atoms with E-state index in [-0.39, 0.29) is 11.3 Å². The zero-order valence-electron chi connectivity index (χ0n) is 15.3. The number of fused-ring (bicyclic) bond motifs is 1. The predicted octanol–water partition coefficient (Wildman–Crippen LogP) is 4.01. The van der Waals surface area contributed by atoms with Gasteiger partial charge < -0.3 is 10.6 Å². The van der Waals surface area contributed by atoms with Gasteiger partial charge in [-0.3, -0.25) is 9.78 Å². The first-order chi connectivity index (χ1) is 13.2. The fraction of sp³-hybridized carbons (Fsp3) is 0.304. The number of amides is 1. The van der Waals surface area contributed by atoms with Crippen LogP contribution in [0.3, 0.4) is 0 Å². The molecule has 2 fully saturated rings. The van der Waals surface area contributed by atoms with E-state index in [1.807, 2.05) is 30.5 Å². The van der Waals surface area contributed by atoms with E-state index in [2.05, 4.69) is 34.1 Å². The van der Waals surface area contributed by atoms with E-state index >= 15 is 0 Å². The molecule has 5 rings (SSSR count). The molecule has 4 heteroatoms. The fourth-order valence-corrected chi connectivity index (χ4v) is 4.65. The molecule has 0 radical (unpaired) electrons. The van der Waals surface area contributed by atoms with Crippen LogP contribution in [0.4, 0.5) is 5.69 Å². The first-order valence-corrected chi connectivity index (χ1v) is 9.73. The molecule has 1 amide bonds. The molecule has 1 aromatic heterocycles. The van der Waals surface area contributed by atoms with Crippen LogP contribution >= 0.6 is 0 Å². The number of aromatic nitrogens is 1. The number of hydrogen-bond donors (Lipinski definition) is 1. The molecule has 27 heavy (non-hydrogen) atoms. The Morgan fingerprint density at radius 3 is 2.52 bits per heavy atom. The average Bonchev–Trinajstić information content (AvgIpc) is 3.32. The molecular weight excluding hydrogens is 334 g/mol. The largest absolute Gasteiger partial charge is 0.371 e. The fourth-order valence-electron chi connectivity index (χ4n) is 4.65. The van der Waals surface area contributed by atoms with E-state index in [1.54, 1.807) is 0 Å². The van der Waals surface area contributed by atoms with Crippen LogP contribution < -0.4 is 10.6 Å². The summed E-state index contributed by atoms with van der Waals surface area (Å²) in [6.45, 7) is 2.20. The maximum atomic E-state index is 12.1. The number of carbonyl (C=O) groups excluding carboxylic acids is 1. The highest BCUT2D eigenvalue weighted by molar-refractivity contribution is 5.96. The number of anilines is 1. The van der Waals surface area contributed by atoms with Gasteiger partial charge in [0.2, 0.25) is 5.91 Å². The number of carbonyl (C=O) groups is 1. The maximum Gasteiger partial charge on any atom is 0.249 e. The number of nitrogens with zero attached hydrogens (tertiary/aromatic N) is 2. The number of nitrogens with two attached hydrogens (primary N) is 1. The third kappa shape index (κ3) is 2.59. The van der Waals surface area contributed by atoms with Crippen LogP contribution in [0.5, 0.6) is 0 Å². The lowest BCUT2D eigenvalue weighted by molar-refractivity contribution is 0.0999. The lowest BCUT2D eigenvalue weighted by Crippen LogP contribution is -2.21. The summed E-state index contributed by atoms with van der Waals surface area (Å²) in [5.41, 5.74) is 10.8. The minimum atomic E-state index is -0.352. The number of pyridine rings is 1. The quantitative estimate of drug-likeness (QED) is 0.767. The molecule has 4 nitrogen and oxygen atoms in total. The SMILES string of the molecule is NC(=O)c1ccccc1C1(c2cc(N3CCCC3)cc3ncccc23)CC1. The summed E-state index contributed by atoms with van der Waals surface area (Å²) in [4.78, 5) is 19.2. The third-order valence-corrected chi connectivity index (χ3v) is 6.15. The van der Waals surface area contributed by atoms with Crippen molar-refractivity contribution in [3.8, 4) is 0 Å². The van der Waals surface area contributed by atoms with E-state index in [9.17, 15) is 4.79 Å². The van der Waals surface area contributed by atoms with Gasteiger partial charge in [-0.1, -0.05) is 24.3 Å². The number of primary amides is 1. The monoisotopic (exact) mass is 357 g/mol. The topological polar surface area (TPSA) is 59.2 Å². The number of benzene rings is 2. The van der Waals surface area contributed by atoms with Crippen LogP contribution in [0.1, 0.15) is 47.2 Å². The smallest absolute Gasteiger partial charge is 0.249 e. The molecule has 1 aliphatic heterocycles. The molecule has 2 aliphatic rings. The van der Waals surface area contributed by atoms with Crippen molar-refractivity contribution in [2.75, 3.05) is 18.0 Å². The molecule has 0 bridgehead atoms. The third-order valence-electron chi connectivity index (χ3n) is 6.15. The van der Waals surface area contributed by atoms with Gasteiger partial charge in [0.25, 0.3) is 0 Å². The maximum absolute atomic E-state index is 12.1. The molecule has 2 aromatic carbocycles.